The van der Waals surface area contributed by atoms with Crippen molar-refractivity contribution in [2.75, 3.05) is 18.2 Å². The summed E-state index contributed by atoms with van der Waals surface area (Å²) in [5.41, 5.74) is 7.21. The van der Waals surface area contributed by atoms with E-state index in [9.17, 15) is 4.79 Å². The van der Waals surface area contributed by atoms with E-state index in [0.29, 0.717) is 22.8 Å². The van der Waals surface area contributed by atoms with Gasteiger partial charge in [0.05, 0.1) is 24.0 Å². The number of ether oxygens (including phenoxy) is 1. The first kappa shape index (κ1) is 12.0. The summed E-state index contributed by atoms with van der Waals surface area (Å²) in [4.78, 5) is 11.6. The molecule has 2 aromatic rings. The van der Waals surface area contributed by atoms with Gasteiger partial charge in [-0.25, -0.2) is 4.79 Å². The van der Waals surface area contributed by atoms with Crippen molar-refractivity contribution >= 4 is 23.2 Å². The third-order valence-electron chi connectivity index (χ3n) is 2.47. The Kier molecular flexibility index (Phi) is 3.18. The Bertz CT molecular complexity index is 577. The molecule has 0 saturated heterocycles. The third kappa shape index (κ3) is 2.27. The van der Waals surface area contributed by atoms with Crippen LogP contribution in [0.15, 0.2) is 30.5 Å². The molecule has 0 amide bonds. The maximum Gasteiger partial charge on any atom is 0.340 e. The van der Waals surface area contributed by atoms with Crippen molar-refractivity contribution in [3.63, 3.8) is 0 Å². The maximum atomic E-state index is 11.6. The fraction of sp³-hybridized carbons (Fsp3) is 0.167. The zero-order valence-corrected chi connectivity index (χ0v) is 10.2. The Morgan fingerprint density at radius 1 is 1.44 bits per heavy atom. The van der Waals surface area contributed by atoms with E-state index in [1.165, 1.54) is 7.11 Å². The second kappa shape index (κ2) is 4.79. The molecule has 0 aliphatic rings. The number of carbonyl (C=O) groups is 1. The SMILES string of the molecule is COC(=O)c1cccc(N)c1Nc1ccn(C)n1. The molecule has 1 aromatic carbocycles. The summed E-state index contributed by atoms with van der Waals surface area (Å²) < 4.78 is 6.37. The summed E-state index contributed by atoms with van der Waals surface area (Å²) in [6.45, 7) is 0. The molecule has 94 valence electrons. The van der Waals surface area contributed by atoms with Crippen LogP contribution in [0.25, 0.3) is 0 Å². The van der Waals surface area contributed by atoms with Crippen LogP contribution < -0.4 is 11.1 Å². The van der Waals surface area contributed by atoms with Crippen molar-refractivity contribution in [1.29, 1.82) is 0 Å². The molecular formula is C12H14N4O2. The number of esters is 1. The lowest BCUT2D eigenvalue weighted by atomic mass is 10.1. The van der Waals surface area contributed by atoms with Gasteiger partial charge in [0.2, 0.25) is 0 Å². The molecule has 3 N–H and O–H groups in total. The topological polar surface area (TPSA) is 82.2 Å². The molecule has 0 saturated carbocycles. The van der Waals surface area contributed by atoms with Crippen molar-refractivity contribution in [2.45, 2.75) is 0 Å². The van der Waals surface area contributed by atoms with Crippen molar-refractivity contribution in [1.82, 2.24) is 9.78 Å². The molecule has 0 spiro atoms. The smallest absolute Gasteiger partial charge is 0.340 e. The van der Waals surface area contributed by atoms with E-state index >= 15 is 0 Å². The van der Waals surface area contributed by atoms with Crippen molar-refractivity contribution in [3.8, 4) is 0 Å². The van der Waals surface area contributed by atoms with E-state index in [1.54, 1.807) is 42.2 Å². The Labute approximate surface area is 104 Å². The van der Waals surface area contributed by atoms with Crippen LogP contribution in [0.5, 0.6) is 0 Å². The van der Waals surface area contributed by atoms with Gasteiger partial charge in [-0.3, -0.25) is 4.68 Å². The zero-order valence-electron chi connectivity index (χ0n) is 10.2. The normalized spacial score (nSPS) is 10.1. The number of nitrogens with zero attached hydrogens (tertiary/aromatic N) is 2. The van der Waals surface area contributed by atoms with Gasteiger partial charge in [0.1, 0.15) is 0 Å². The fourth-order valence-electron chi connectivity index (χ4n) is 1.60. The number of para-hydroxylation sites is 1. The highest BCUT2D eigenvalue weighted by atomic mass is 16.5. The molecule has 0 unspecified atom stereocenters. The molecule has 0 radical (unpaired) electrons. The monoisotopic (exact) mass is 246 g/mol. The van der Waals surface area contributed by atoms with Gasteiger partial charge < -0.3 is 15.8 Å². The van der Waals surface area contributed by atoms with Gasteiger partial charge >= 0.3 is 5.97 Å². The number of aryl methyl sites for hydroxylation is 1. The van der Waals surface area contributed by atoms with Crippen LogP contribution in [-0.2, 0) is 11.8 Å². The number of hydrogen-bond acceptors (Lipinski definition) is 5. The summed E-state index contributed by atoms with van der Waals surface area (Å²) in [6.07, 6.45) is 1.79. The number of benzene rings is 1. The molecule has 6 heteroatoms. The second-order valence-electron chi connectivity index (χ2n) is 3.76. The third-order valence-corrected chi connectivity index (χ3v) is 2.47. The Morgan fingerprint density at radius 2 is 2.22 bits per heavy atom. The second-order valence-corrected chi connectivity index (χ2v) is 3.76. The van der Waals surface area contributed by atoms with Crippen LogP contribution in [-0.4, -0.2) is 22.9 Å². The van der Waals surface area contributed by atoms with Crippen molar-refractivity contribution in [2.24, 2.45) is 7.05 Å². The standard InChI is InChI=1S/C12H14N4O2/c1-16-7-6-10(15-16)14-11-8(12(17)18-2)4-3-5-9(11)13/h3-7H,13H2,1-2H3,(H,14,15). The quantitative estimate of drug-likeness (QED) is 0.634. The average molecular weight is 246 g/mol. The minimum atomic E-state index is -0.444. The van der Waals surface area contributed by atoms with E-state index in [-0.39, 0.29) is 0 Å². The lowest BCUT2D eigenvalue weighted by Gasteiger charge is -2.11. The first-order valence-corrected chi connectivity index (χ1v) is 5.35. The summed E-state index contributed by atoms with van der Waals surface area (Å²) in [7, 11) is 3.14. The average Bonchev–Trinajstić information content (AvgIpc) is 2.76. The fourth-order valence-corrected chi connectivity index (χ4v) is 1.60. The minimum absolute atomic E-state index is 0.378. The molecule has 18 heavy (non-hydrogen) atoms. The molecule has 0 fully saturated rings. The van der Waals surface area contributed by atoms with Gasteiger partial charge in [0, 0.05) is 19.3 Å². The number of nitrogens with two attached hydrogens (primary N) is 1. The highest BCUT2D eigenvalue weighted by molar-refractivity contribution is 5.99. The van der Waals surface area contributed by atoms with Gasteiger partial charge in [-0.2, -0.15) is 5.10 Å². The molecule has 0 atom stereocenters. The molecule has 1 heterocycles. The lowest BCUT2D eigenvalue weighted by Crippen LogP contribution is -2.08. The highest BCUT2D eigenvalue weighted by Gasteiger charge is 2.14. The summed E-state index contributed by atoms with van der Waals surface area (Å²) >= 11 is 0. The van der Waals surface area contributed by atoms with Gasteiger partial charge in [0.15, 0.2) is 5.82 Å². The minimum Gasteiger partial charge on any atom is -0.465 e. The zero-order chi connectivity index (χ0) is 13.1. The first-order valence-electron chi connectivity index (χ1n) is 5.35. The molecule has 1 aromatic heterocycles. The molecule has 6 nitrogen and oxygen atoms in total. The number of nitrogen functional groups attached to an aromatic ring is 1. The molecule has 0 aliphatic carbocycles. The van der Waals surface area contributed by atoms with E-state index in [2.05, 4.69) is 10.4 Å². The number of methoxy groups -OCH3 is 1. The van der Waals surface area contributed by atoms with E-state index in [4.69, 9.17) is 10.5 Å². The molecule has 2 rings (SSSR count). The molecular weight excluding hydrogens is 232 g/mol. The first-order chi connectivity index (χ1) is 8.61. The van der Waals surface area contributed by atoms with Crippen LogP contribution in [0.1, 0.15) is 10.4 Å². The molecule has 0 aliphatic heterocycles. The van der Waals surface area contributed by atoms with Gasteiger partial charge in [0.25, 0.3) is 0 Å². The van der Waals surface area contributed by atoms with Crippen LogP contribution in [0.2, 0.25) is 0 Å². The van der Waals surface area contributed by atoms with E-state index in [0.717, 1.165) is 0 Å². The number of anilines is 3. The van der Waals surface area contributed by atoms with Gasteiger partial charge in [-0.05, 0) is 12.1 Å². The molecule has 0 bridgehead atoms. The van der Waals surface area contributed by atoms with Crippen molar-refractivity contribution in [3.05, 3.63) is 36.0 Å². The summed E-state index contributed by atoms with van der Waals surface area (Å²) in [6, 6.07) is 6.84. The number of hydrogen-bond donors (Lipinski definition) is 2. The Morgan fingerprint density at radius 3 is 2.83 bits per heavy atom. The maximum absolute atomic E-state index is 11.6. The van der Waals surface area contributed by atoms with Crippen molar-refractivity contribution < 1.29 is 9.53 Å². The summed E-state index contributed by atoms with van der Waals surface area (Å²) in [5, 5.41) is 7.19. The Hall–Kier alpha value is -2.50. The van der Waals surface area contributed by atoms with Crippen LogP contribution in [0, 0.1) is 0 Å². The Balaban J connectivity index is 2.39. The predicted molar refractivity (Wildman–Crippen MR) is 68.7 cm³/mol. The number of carbonyl (C=O) groups excluding carboxylic acids is 1. The summed E-state index contributed by atoms with van der Waals surface area (Å²) in [5.74, 6) is 0.168. The van der Waals surface area contributed by atoms with Crippen LogP contribution in [0.3, 0.4) is 0 Å². The van der Waals surface area contributed by atoms with E-state index in [1.807, 2.05) is 0 Å². The number of aromatic nitrogens is 2. The number of nitrogens with one attached hydrogen (secondary N) is 1. The highest BCUT2D eigenvalue weighted by Crippen LogP contribution is 2.27. The van der Waals surface area contributed by atoms with Gasteiger partial charge in [-0.1, -0.05) is 6.07 Å². The predicted octanol–water partition coefficient (Wildman–Crippen LogP) is 1.53. The van der Waals surface area contributed by atoms with Crippen LogP contribution >= 0.6 is 0 Å². The van der Waals surface area contributed by atoms with Gasteiger partial charge in [-0.15, -0.1) is 0 Å². The lowest BCUT2D eigenvalue weighted by molar-refractivity contribution is 0.0602. The largest absolute Gasteiger partial charge is 0.465 e. The van der Waals surface area contributed by atoms with Crippen LogP contribution in [0.4, 0.5) is 17.2 Å². The van der Waals surface area contributed by atoms with E-state index < -0.39 is 5.97 Å². The number of rotatable bonds is 3.